The third-order valence-electron chi connectivity index (χ3n) is 11.8. The second-order valence-corrected chi connectivity index (χ2v) is 18.9. The van der Waals surface area contributed by atoms with Gasteiger partial charge < -0.3 is 28.3 Å². The molecule has 14 heteroatoms. The van der Waals surface area contributed by atoms with Crippen molar-refractivity contribution in [2.24, 2.45) is 0 Å². The van der Waals surface area contributed by atoms with Gasteiger partial charge in [0, 0.05) is 47.4 Å². The van der Waals surface area contributed by atoms with Crippen LogP contribution in [-0.2, 0) is 26.7 Å². The van der Waals surface area contributed by atoms with Crippen molar-refractivity contribution in [3.05, 3.63) is 120 Å². The van der Waals surface area contributed by atoms with Crippen molar-refractivity contribution in [3.8, 4) is 33.9 Å². The van der Waals surface area contributed by atoms with Crippen LogP contribution >= 0.6 is 0 Å². The van der Waals surface area contributed by atoms with E-state index in [4.69, 9.17) is 9.15 Å². The largest absolute Gasteiger partial charge is 0.744 e. The van der Waals surface area contributed by atoms with E-state index in [9.17, 15) is 35.8 Å². The second-order valence-electron chi connectivity index (χ2n) is 16.2. The van der Waals surface area contributed by atoms with E-state index >= 15 is 0 Å². The molecule has 1 aliphatic carbocycles. The first-order valence-electron chi connectivity index (χ1n) is 23.1. The van der Waals surface area contributed by atoms with Gasteiger partial charge >= 0.3 is 5.97 Å². The van der Waals surface area contributed by atoms with Crippen LogP contribution in [0.2, 0.25) is 0 Å². The molecule has 66 heavy (non-hydrogen) atoms. The SMILES string of the molecule is CCCCCCCCCCCCc1ccc(Oc2ccccc2S(=O)(=O)[O-])c(S(=O)(=O)[O-])c1.CCN(CC)c1ccc2c(-c3ccccc3C(=O)O)c3ccc(=[N+](CC)CC)cc-3oc2c1. The number of carbonyl (C=O) groups is 1. The molecule has 4 aromatic rings. The van der Waals surface area contributed by atoms with E-state index in [0.29, 0.717) is 17.5 Å². The lowest BCUT2D eigenvalue weighted by atomic mass is 9.90. The number of carboxylic acid groups (broad SMARTS) is 1. The van der Waals surface area contributed by atoms with Crippen molar-refractivity contribution in [2.45, 2.75) is 115 Å². The molecule has 2 aliphatic rings. The Bertz CT molecular complexity index is 2830. The first-order valence-corrected chi connectivity index (χ1v) is 25.9. The zero-order valence-corrected chi connectivity index (χ0v) is 40.4. The summed E-state index contributed by atoms with van der Waals surface area (Å²) in [5.74, 6) is -0.834. The highest BCUT2D eigenvalue weighted by Crippen LogP contribution is 2.42. The number of nitrogens with zero attached hydrogens (tertiary/aromatic N) is 2. The topological polar surface area (TPSA) is 180 Å². The van der Waals surface area contributed by atoms with Crippen molar-refractivity contribution in [1.29, 1.82) is 0 Å². The molecule has 0 saturated heterocycles. The molecule has 354 valence electrons. The fraction of sp³-hybridized carbons (Fsp3) is 0.385. The first-order chi connectivity index (χ1) is 31.6. The molecule has 0 atom stereocenters. The molecular weight excluding hydrogens is 877 g/mol. The van der Waals surface area contributed by atoms with Crippen LogP contribution in [0, 0.1) is 0 Å². The van der Waals surface area contributed by atoms with E-state index in [-0.39, 0.29) is 17.1 Å². The van der Waals surface area contributed by atoms with Gasteiger partial charge in [-0.1, -0.05) is 101 Å². The van der Waals surface area contributed by atoms with Gasteiger partial charge in [-0.05, 0) is 100 Å². The number of unbranched alkanes of at least 4 members (excludes halogenated alkanes) is 9. The summed E-state index contributed by atoms with van der Waals surface area (Å²) in [5.41, 5.74) is 5.30. The van der Waals surface area contributed by atoms with Gasteiger partial charge in [0.25, 0.3) is 0 Å². The highest BCUT2D eigenvalue weighted by atomic mass is 32.2. The van der Waals surface area contributed by atoms with Crippen molar-refractivity contribution >= 4 is 42.9 Å². The number of hydrogen-bond acceptors (Lipinski definition) is 10. The maximum absolute atomic E-state index is 12.1. The number of fused-ring (bicyclic) bond motifs is 2. The lowest BCUT2D eigenvalue weighted by Gasteiger charge is -2.22. The van der Waals surface area contributed by atoms with Gasteiger partial charge in [-0.15, -0.1) is 0 Å². The number of hydrogen-bond donors (Lipinski definition) is 1. The molecule has 12 nitrogen and oxygen atoms in total. The van der Waals surface area contributed by atoms with Crippen molar-refractivity contribution in [1.82, 2.24) is 4.58 Å². The zero-order chi connectivity index (χ0) is 47.9. The summed E-state index contributed by atoms with van der Waals surface area (Å²) < 4.78 is 83.9. The number of anilines is 1. The minimum atomic E-state index is -4.88. The summed E-state index contributed by atoms with van der Waals surface area (Å²) in [5, 5.41) is 11.9. The zero-order valence-electron chi connectivity index (χ0n) is 38.8. The molecule has 0 aromatic heterocycles. The number of ether oxygens (including phenoxy) is 1. The quantitative estimate of drug-likeness (QED) is 0.0296. The van der Waals surface area contributed by atoms with Gasteiger partial charge in [-0.3, -0.25) is 0 Å². The molecule has 1 aliphatic heterocycles. The Kier molecular flexibility index (Phi) is 18.9. The highest BCUT2D eigenvalue weighted by Gasteiger charge is 2.23. The Hall–Kier alpha value is -5.54. The Morgan fingerprint density at radius 1 is 0.652 bits per heavy atom. The van der Waals surface area contributed by atoms with Crippen LogP contribution in [-0.4, -0.2) is 63.2 Å². The summed E-state index contributed by atoms with van der Waals surface area (Å²) in [4.78, 5) is 13.1. The highest BCUT2D eigenvalue weighted by molar-refractivity contribution is 7.86. The lowest BCUT2D eigenvalue weighted by Crippen LogP contribution is -2.29. The Morgan fingerprint density at radius 2 is 1.26 bits per heavy atom. The maximum Gasteiger partial charge on any atom is 0.336 e. The van der Waals surface area contributed by atoms with E-state index in [1.54, 1.807) is 18.2 Å². The van der Waals surface area contributed by atoms with Gasteiger partial charge in [0.15, 0.2) is 0 Å². The summed E-state index contributed by atoms with van der Waals surface area (Å²) in [7, 11) is -9.72. The van der Waals surface area contributed by atoms with Gasteiger partial charge in [-0.2, -0.15) is 0 Å². The Balaban J connectivity index is 0.000000247. The molecule has 0 radical (unpaired) electrons. The number of para-hydroxylation sites is 1. The summed E-state index contributed by atoms with van der Waals surface area (Å²) in [6.45, 7) is 14.3. The molecular formula is C52H63N2O10S2-. The summed E-state index contributed by atoms with van der Waals surface area (Å²) >= 11 is 0. The average Bonchev–Trinajstić information content (AvgIpc) is 3.29. The van der Waals surface area contributed by atoms with Gasteiger partial charge in [-0.25, -0.2) is 26.2 Å². The molecule has 0 unspecified atom stereocenters. The standard InChI is InChI=1S/C28H30N2O3.C24H34O7S2/c1-5-29(6-2)19-13-15-23-25(17-19)33-26-18-20(30(7-3)8-4)14-16-24(26)27(23)21-11-9-10-12-22(21)28(31)32;1-2-3-4-5-6-7-8-9-10-11-14-20-17-18-22(24(19-20)33(28,29)30)31-21-15-12-13-16-23(21)32(25,26)27/h9-18H,5-8H2,1-4H3;12-13,15-19H,2-11,14H2,1H3,(H,25,26,27)(H,28,29,30)/p-1. The van der Waals surface area contributed by atoms with E-state index < -0.39 is 36.0 Å². The fourth-order valence-corrected chi connectivity index (χ4v) is 9.53. The van der Waals surface area contributed by atoms with E-state index in [1.807, 2.05) is 12.1 Å². The van der Waals surface area contributed by atoms with Gasteiger partial charge in [0.05, 0.1) is 21.4 Å². The molecule has 0 amide bonds. The molecule has 0 fully saturated rings. The van der Waals surface area contributed by atoms with E-state index in [1.165, 1.54) is 75.3 Å². The third-order valence-corrected chi connectivity index (χ3v) is 13.5. The van der Waals surface area contributed by atoms with Crippen LogP contribution in [0.25, 0.3) is 33.4 Å². The van der Waals surface area contributed by atoms with Crippen LogP contribution in [0.1, 0.15) is 115 Å². The number of carboxylic acids is 1. The van der Waals surface area contributed by atoms with Crippen molar-refractivity contribution in [3.63, 3.8) is 0 Å². The van der Waals surface area contributed by atoms with Crippen molar-refractivity contribution < 1.29 is 45.0 Å². The van der Waals surface area contributed by atoms with Crippen molar-refractivity contribution in [2.75, 3.05) is 31.1 Å². The Morgan fingerprint density at radius 3 is 1.88 bits per heavy atom. The fourth-order valence-electron chi connectivity index (χ4n) is 8.28. The molecule has 0 saturated carbocycles. The predicted octanol–water partition coefficient (Wildman–Crippen LogP) is 11.3. The van der Waals surface area contributed by atoms with Crippen LogP contribution in [0.15, 0.2) is 117 Å². The number of benzene rings is 5. The molecule has 4 aromatic carbocycles. The molecule has 6 rings (SSSR count). The van der Waals surface area contributed by atoms with Crippen LogP contribution in [0.4, 0.5) is 5.69 Å². The summed E-state index contributed by atoms with van der Waals surface area (Å²) in [6.07, 6.45) is 12.4. The summed E-state index contributed by atoms with van der Waals surface area (Å²) in [6, 6.07) is 28.9. The normalized spacial score (nSPS) is 11.6. The van der Waals surface area contributed by atoms with E-state index in [0.717, 1.165) is 90.4 Å². The lowest BCUT2D eigenvalue weighted by molar-refractivity contribution is 0.0697. The van der Waals surface area contributed by atoms with Gasteiger partial charge in [0.1, 0.15) is 56.2 Å². The Labute approximate surface area is 390 Å². The first kappa shape index (κ1) is 51.4. The smallest absolute Gasteiger partial charge is 0.336 e. The van der Waals surface area contributed by atoms with Crippen LogP contribution < -0.4 is 19.6 Å². The molecule has 1 N–H and O–H groups in total. The monoisotopic (exact) mass is 939 g/mol. The molecule has 1 heterocycles. The average molecular weight is 940 g/mol. The molecule has 0 bridgehead atoms. The van der Waals surface area contributed by atoms with Crippen LogP contribution in [0.5, 0.6) is 11.5 Å². The van der Waals surface area contributed by atoms with E-state index in [2.05, 4.69) is 80.5 Å². The number of aryl methyl sites for hydroxylation is 1. The number of aromatic carboxylic acids is 1. The number of rotatable bonds is 22. The maximum atomic E-state index is 12.1. The second kappa shape index (κ2) is 24.3. The van der Waals surface area contributed by atoms with Crippen LogP contribution in [0.3, 0.4) is 0 Å². The third kappa shape index (κ3) is 13.5. The minimum Gasteiger partial charge on any atom is -0.744 e. The minimum absolute atomic E-state index is 0.284. The molecule has 0 spiro atoms. The predicted molar refractivity (Wildman–Crippen MR) is 260 cm³/mol. The van der Waals surface area contributed by atoms with Gasteiger partial charge in [0.2, 0.25) is 5.36 Å².